The molecule has 0 bridgehead atoms. The third-order valence-electron chi connectivity index (χ3n) is 1.97. The molecule has 0 fully saturated rings. The monoisotopic (exact) mass is 225 g/mol. The Morgan fingerprint density at radius 1 is 1.38 bits per heavy atom. The molecule has 3 nitrogen and oxygen atoms in total. The van der Waals surface area contributed by atoms with Gasteiger partial charge in [-0.25, -0.2) is 4.79 Å². The normalized spacial score (nSPS) is 10.7. The smallest absolute Gasteiger partial charge is 0.411 e. The minimum absolute atomic E-state index is 0.318. The quantitative estimate of drug-likeness (QED) is 0.531. The van der Waals surface area contributed by atoms with E-state index >= 15 is 0 Å². The van der Waals surface area contributed by atoms with Gasteiger partial charge in [0.1, 0.15) is 5.60 Å². The Labute approximate surface area is 99.2 Å². The molecule has 0 N–H and O–H groups in total. The first-order valence-corrected chi connectivity index (χ1v) is 5.82. The fourth-order valence-electron chi connectivity index (χ4n) is 1.22. The number of amides is 1. The second-order valence-electron chi connectivity index (χ2n) is 4.81. The zero-order valence-electron chi connectivity index (χ0n) is 10.9. The summed E-state index contributed by atoms with van der Waals surface area (Å²) in [6.07, 6.45) is 8.11. The number of carbonyl (C=O) groups is 1. The molecule has 1 amide bonds. The number of hydrogen-bond acceptors (Lipinski definition) is 2. The summed E-state index contributed by atoms with van der Waals surface area (Å²) >= 11 is 0. The Morgan fingerprint density at radius 3 is 2.44 bits per heavy atom. The van der Waals surface area contributed by atoms with Crippen LogP contribution in [0.1, 0.15) is 47.0 Å². The topological polar surface area (TPSA) is 29.5 Å². The van der Waals surface area contributed by atoms with Crippen molar-refractivity contribution in [2.45, 2.75) is 52.6 Å². The van der Waals surface area contributed by atoms with Crippen molar-refractivity contribution in [3.8, 4) is 12.3 Å². The van der Waals surface area contributed by atoms with Gasteiger partial charge in [0, 0.05) is 6.54 Å². The summed E-state index contributed by atoms with van der Waals surface area (Å²) in [5, 5.41) is 0. The second-order valence-corrected chi connectivity index (χ2v) is 4.81. The highest BCUT2D eigenvalue weighted by Crippen LogP contribution is 2.10. The Kier molecular flexibility index (Phi) is 6.64. The molecule has 0 unspecified atom stereocenters. The number of nitrogens with zero attached hydrogens (tertiary/aromatic N) is 1. The van der Waals surface area contributed by atoms with Gasteiger partial charge in [0.05, 0.1) is 6.54 Å². The molecule has 0 saturated heterocycles. The molecule has 16 heavy (non-hydrogen) atoms. The maximum absolute atomic E-state index is 11.8. The molecule has 0 aromatic rings. The Bertz CT molecular complexity index is 248. The van der Waals surface area contributed by atoms with Crippen LogP contribution in [0.15, 0.2) is 0 Å². The van der Waals surface area contributed by atoms with Crippen LogP contribution in [0.25, 0.3) is 0 Å². The SMILES string of the molecule is C#CCN(CCCCC)C(=O)OC(C)(C)C. The van der Waals surface area contributed by atoms with E-state index in [-0.39, 0.29) is 6.09 Å². The van der Waals surface area contributed by atoms with Gasteiger partial charge in [0.15, 0.2) is 0 Å². The minimum atomic E-state index is -0.464. The predicted octanol–water partition coefficient (Wildman–Crippen LogP) is 3.05. The van der Waals surface area contributed by atoms with Gasteiger partial charge in [0.2, 0.25) is 0 Å². The minimum Gasteiger partial charge on any atom is -0.444 e. The molecule has 92 valence electrons. The van der Waals surface area contributed by atoms with E-state index in [9.17, 15) is 4.79 Å². The van der Waals surface area contributed by atoms with Crippen LogP contribution in [-0.4, -0.2) is 29.7 Å². The molecule has 0 aliphatic rings. The standard InChI is InChI=1S/C13H23NO2/c1-6-8-9-11-14(10-7-2)12(15)16-13(3,4)5/h2H,6,8-11H2,1,3-5H3. The van der Waals surface area contributed by atoms with Crippen LogP contribution in [-0.2, 0) is 4.74 Å². The Morgan fingerprint density at radius 2 is 2.00 bits per heavy atom. The molecule has 0 rings (SSSR count). The van der Waals surface area contributed by atoms with Crippen LogP contribution in [0.5, 0.6) is 0 Å². The van der Waals surface area contributed by atoms with Crippen molar-refractivity contribution in [3.63, 3.8) is 0 Å². The molecule has 0 atom stereocenters. The molecular formula is C13H23NO2. The van der Waals surface area contributed by atoms with E-state index in [4.69, 9.17) is 11.2 Å². The number of ether oxygens (including phenoxy) is 1. The summed E-state index contributed by atoms with van der Waals surface area (Å²) in [4.78, 5) is 13.3. The van der Waals surface area contributed by atoms with Crippen LogP contribution in [0, 0.1) is 12.3 Å². The van der Waals surface area contributed by atoms with Crippen molar-refractivity contribution in [1.82, 2.24) is 4.90 Å². The second kappa shape index (κ2) is 7.16. The Balaban J connectivity index is 4.19. The Hall–Kier alpha value is -1.17. The molecule has 0 aliphatic carbocycles. The van der Waals surface area contributed by atoms with E-state index < -0.39 is 5.60 Å². The molecule has 3 heteroatoms. The lowest BCUT2D eigenvalue weighted by atomic mass is 10.2. The average Bonchev–Trinajstić information content (AvgIpc) is 2.14. The first-order valence-electron chi connectivity index (χ1n) is 5.82. The van der Waals surface area contributed by atoms with E-state index in [0.717, 1.165) is 19.3 Å². The fraction of sp³-hybridized carbons (Fsp3) is 0.769. The zero-order valence-corrected chi connectivity index (χ0v) is 10.9. The lowest BCUT2D eigenvalue weighted by Crippen LogP contribution is -2.37. The van der Waals surface area contributed by atoms with Crippen LogP contribution in [0.3, 0.4) is 0 Å². The van der Waals surface area contributed by atoms with Crippen LogP contribution in [0.4, 0.5) is 4.79 Å². The fourth-order valence-corrected chi connectivity index (χ4v) is 1.22. The third-order valence-corrected chi connectivity index (χ3v) is 1.97. The maximum atomic E-state index is 11.8. The summed E-state index contributed by atoms with van der Waals surface area (Å²) in [5.74, 6) is 2.49. The molecule has 0 heterocycles. The van der Waals surface area contributed by atoms with Gasteiger partial charge < -0.3 is 4.74 Å². The van der Waals surface area contributed by atoms with Crippen molar-refractivity contribution in [2.75, 3.05) is 13.1 Å². The first-order chi connectivity index (χ1) is 7.40. The molecular weight excluding hydrogens is 202 g/mol. The number of unbranched alkanes of at least 4 members (excludes halogenated alkanes) is 2. The van der Waals surface area contributed by atoms with Gasteiger partial charge in [-0.15, -0.1) is 6.42 Å². The molecule has 0 aromatic carbocycles. The summed E-state index contributed by atoms with van der Waals surface area (Å²) in [6.45, 7) is 8.67. The van der Waals surface area contributed by atoms with Gasteiger partial charge in [-0.3, -0.25) is 4.90 Å². The summed E-state index contributed by atoms with van der Waals surface area (Å²) in [7, 11) is 0. The molecule has 0 radical (unpaired) electrons. The lowest BCUT2D eigenvalue weighted by Gasteiger charge is -2.26. The highest BCUT2D eigenvalue weighted by Gasteiger charge is 2.20. The van der Waals surface area contributed by atoms with E-state index in [1.165, 1.54) is 0 Å². The largest absolute Gasteiger partial charge is 0.444 e. The van der Waals surface area contributed by atoms with Gasteiger partial charge in [-0.2, -0.15) is 0 Å². The van der Waals surface area contributed by atoms with Crippen molar-refractivity contribution in [3.05, 3.63) is 0 Å². The highest BCUT2D eigenvalue weighted by molar-refractivity contribution is 5.68. The molecule has 0 aliphatic heterocycles. The van der Waals surface area contributed by atoms with Gasteiger partial charge in [-0.05, 0) is 27.2 Å². The predicted molar refractivity (Wildman–Crippen MR) is 66.2 cm³/mol. The van der Waals surface area contributed by atoms with Crippen LogP contribution in [0.2, 0.25) is 0 Å². The molecule has 0 aromatic heterocycles. The third kappa shape index (κ3) is 7.17. The molecule has 0 spiro atoms. The summed E-state index contributed by atoms with van der Waals surface area (Å²) in [6, 6.07) is 0. The van der Waals surface area contributed by atoms with E-state index in [2.05, 4.69) is 12.8 Å². The number of rotatable bonds is 5. The molecule has 0 saturated carbocycles. The average molecular weight is 225 g/mol. The number of terminal acetylenes is 1. The van der Waals surface area contributed by atoms with Crippen molar-refractivity contribution in [2.24, 2.45) is 0 Å². The zero-order chi connectivity index (χ0) is 12.6. The van der Waals surface area contributed by atoms with E-state index in [1.807, 2.05) is 20.8 Å². The van der Waals surface area contributed by atoms with Gasteiger partial charge >= 0.3 is 6.09 Å². The van der Waals surface area contributed by atoms with Crippen LogP contribution >= 0.6 is 0 Å². The number of carbonyl (C=O) groups excluding carboxylic acids is 1. The van der Waals surface area contributed by atoms with Crippen molar-refractivity contribution < 1.29 is 9.53 Å². The lowest BCUT2D eigenvalue weighted by molar-refractivity contribution is 0.0272. The highest BCUT2D eigenvalue weighted by atomic mass is 16.6. The van der Waals surface area contributed by atoms with Crippen LogP contribution < -0.4 is 0 Å². The maximum Gasteiger partial charge on any atom is 0.411 e. The van der Waals surface area contributed by atoms with Crippen molar-refractivity contribution in [1.29, 1.82) is 0 Å². The van der Waals surface area contributed by atoms with Gasteiger partial charge in [0.25, 0.3) is 0 Å². The van der Waals surface area contributed by atoms with Crippen molar-refractivity contribution >= 4 is 6.09 Å². The first kappa shape index (κ1) is 14.8. The summed E-state index contributed by atoms with van der Waals surface area (Å²) in [5.41, 5.74) is -0.464. The van der Waals surface area contributed by atoms with Gasteiger partial charge in [-0.1, -0.05) is 25.7 Å². The van der Waals surface area contributed by atoms with E-state index in [1.54, 1.807) is 4.90 Å². The summed E-state index contributed by atoms with van der Waals surface area (Å²) < 4.78 is 5.27. The number of hydrogen-bond donors (Lipinski definition) is 0. The van der Waals surface area contributed by atoms with E-state index in [0.29, 0.717) is 13.1 Å².